The van der Waals surface area contributed by atoms with Crippen LogP contribution in [0.3, 0.4) is 0 Å². The topological polar surface area (TPSA) is 58.0 Å². The van der Waals surface area contributed by atoms with Crippen LogP contribution >= 0.6 is 11.3 Å². The van der Waals surface area contributed by atoms with E-state index in [0.29, 0.717) is 37.4 Å². The predicted molar refractivity (Wildman–Crippen MR) is 114 cm³/mol. The van der Waals surface area contributed by atoms with Gasteiger partial charge in [0.1, 0.15) is 11.3 Å². The van der Waals surface area contributed by atoms with Gasteiger partial charge in [-0.05, 0) is 29.4 Å². The Hall–Kier alpha value is -2.16. The lowest BCUT2D eigenvalue weighted by atomic mass is 10.1. The molecule has 7 nitrogen and oxygen atoms in total. The Bertz CT molecular complexity index is 917. The number of likely N-dealkylation sites (N-methyl/N-ethyl adjacent to an activating group) is 1. The molecule has 1 fully saturated rings. The minimum atomic E-state index is -0.0934. The fourth-order valence-electron chi connectivity index (χ4n) is 4.15. The van der Waals surface area contributed by atoms with Crippen LogP contribution in [-0.4, -0.2) is 78.6 Å². The van der Waals surface area contributed by atoms with E-state index >= 15 is 0 Å². The van der Waals surface area contributed by atoms with Crippen molar-refractivity contribution in [2.45, 2.75) is 19.5 Å². The second-order valence-corrected chi connectivity index (χ2v) is 8.56. The average Bonchev–Trinajstić information content (AvgIpc) is 3.14. The van der Waals surface area contributed by atoms with Gasteiger partial charge < -0.3 is 19.1 Å². The number of carbonyl (C=O) groups is 1. The van der Waals surface area contributed by atoms with E-state index in [1.165, 1.54) is 18.7 Å². The van der Waals surface area contributed by atoms with Gasteiger partial charge in [-0.1, -0.05) is 0 Å². The zero-order chi connectivity index (χ0) is 20.4. The predicted octanol–water partition coefficient (Wildman–Crippen LogP) is 1.36. The lowest BCUT2D eigenvalue weighted by molar-refractivity contribution is 0.0658. The number of rotatable bonds is 4. The summed E-state index contributed by atoms with van der Waals surface area (Å²) in [4.78, 5) is 32.6. The summed E-state index contributed by atoms with van der Waals surface area (Å²) in [5, 5.41) is 4.25. The van der Waals surface area contributed by atoms with E-state index in [2.05, 4.69) is 33.7 Å². The van der Waals surface area contributed by atoms with Crippen molar-refractivity contribution in [1.29, 1.82) is 0 Å². The van der Waals surface area contributed by atoms with E-state index in [1.807, 2.05) is 4.90 Å². The highest BCUT2D eigenvalue weighted by molar-refractivity contribution is 7.07. The Morgan fingerprint density at radius 1 is 1.14 bits per heavy atom. The molecule has 1 saturated heterocycles. The normalized spacial score (nSPS) is 18.3. The number of pyridine rings is 1. The maximum atomic E-state index is 13.4. The first-order chi connectivity index (χ1) is 14.1. The monoisotopic (exact) mass is 416 g/mol. The standard InChI is InChI=1S/C21H28N4O3S/c1-22-6-9-24(10-7-22)21(27)20-17-3-5-23(14-16-4-12-29-15-16)8-11-25(17)19(26)13-18(20)28-2/h4,12-13,15H,3,5-11,14H2,1-2H3. The van der Waals surface area contributed by atoms with Crippen LogP contribution in [0.25, 0.3) is 0 Å². The van der Waals surface area contributed by atoms with Gasteiger partial charge in [-0.3, -0.25) is 14.5 Å². The molecule has 2 aromatic rings. The summed E-state index contributed by atoms with van der Waals surface area (Å²) in [6.07, 6.45) is 0.658. The van der Waals surface area contributed by atoms with Gasteiger partial charge in [0.05, 0.1) is 7.11 Å². The van der Waals surface area contributed by atoms with Crippen molar-refractivity contribution >= 4 is 17.2 Å². The first-order valence-corrected chi connectivity index (χ1v) is 11.0. The Morgan fingerprint density at radius 3 is 2.62 bits per heavy atom. The third-order valence-electron chi connectivity index (χ3n) is 5.90. The van der Waals surface area contributed by atoms with E-state index in [-0.39, 0.29) is 11.5 Å². The van der Waals surface area contributed by atoms with Crippen LogP contribution in [0.15, 0.2) is 27.7 Å². The summed E-state index contributed by atoms with van der Waals surface area (Å²) in [6, 6.07) is 3.61. The number of thiophene rings is 1. The molecule has 0 spiro atoms. The molecule has 0 saturated carbocycles. The lowest BCUT2D eigenvalue weighted by Crippen LogP contribution is -2.47. The van der Waals surface area contributed by atoms with Gasteiger partial charge in [-0.2, -0.15) is 11.3 Å². The summed E-state index contributed by atoms with van der Waals surface area (Å²) in [7, 11) is 3.60. The molecule has 8 heteroatoms. The number of hydrogen-bond donors (Lipinski definition) is 0. The SMILES string of the molecule is COc1cc(=O)n2c(c1C(=O)N1CCN(C)CC1)CCN(Cc1ccsc1)CC2. The molecule has 156 valence electrons. The number of amides is 1. The highest BCUT2D eigenvalue weighted by atomic mass is 32.1. The van der Waals surface area contributed by atoms with Gasteiger partial charge in [0.25, 0.3) is 11.5 Å². The van der Waals surface area contributed by atoms with E-state index in [4.69, 9.17) is 4.74 Å². The number of aromatic nitrogens is 1. The second-order valence-electron chi connectivity index (χ2n) is 7.78. The Morgan fingerprint density at radius 2 is 1.93 bits per heavy atom. The molecular formula is C21H28N4O3S. The average molecular weight is 417 g/mol. The summed E-state index contributed by atoms with van der Waals surface area (Å²) in [5.41, 5.74) is 2.57. The van der Waals surface area contributed by atoms with Crippen LogP contribution < -0.4 is 10.3 Å². The quantitative estimate of drug-likeness (QED) is 0.753. The van der Waals surface area contributed by atoms with Crippen LogP contribution in [0.4, 0.5) is 0 Å². The van der Waals surface area contributed by atoms with Gasteiger partial charge in [0.15, 0.2) is 0 Å². The smallest absolute Gasteiger partial charge is 0.259 e. The van der Waals surface area contributed by atoms with Gasteiger partial charge >= 0.3 is 0 Å². The van der Waals surface area contributed by atoms with Gasteiger partial charge in [-0.15, -0.1) is 0 Å². The fraction of sp³-hybridized carbons (Fsp3) is 0.524. The van der Waals surface area contributed by atoms with Crippen molar-refractivity contribution in [3.8, 4) is 5.75 Å². The lowest BCUT2D eigenvalue weighted by Gasteiger charge is -2.33. The molecule has 1 amide bonds. The van der Waals surface area contributed by atoms with Crippen molar-refractivity contribution in [1.82, 2.24) is 19.3 Å². The van der Waals surface area contributed by atoms with Gasteiger partial charge in [0, 0.05) is 70.5 Å². The minimum absolute atomic E-state index is 0.0232. The molecule has 0 N–H and O–H groups in total. The van der Waals surface area contributed by atoms with Crippen molar-refractivity contribution in [2.24, 2.45) is 0 Å². The Kier molecular flexibility index (Phi) is 6.03. The summed E-state index contributed by atoms with van der Waals surface area (Å²) in [6.45, 7) is 6.16. The number of fused-ring (bicyclic) bond motifs is 1. The van der Waals surface area contributed by atoms with Crippen molar-refractivity contribution in [2.75, 3.05) is 53.4 Å². The summed E-state index contributed by atoms with van der Waals surface area (Å²) < 4.78 is 7.27. The third-order valence-corrected chi connectivity index (χ3v) is 6.63. The first kappa shape index (κ1) is 20.1. The fourth-order valence-corrected chi connectivity index (χ4v) is 4.81. The molecule has 0 aliphatic carbocycles. The molecule has 0 bridgehead atoms. The van der Waals surface area contributed by atoms with Gasteiger partial charge in [0.2, 0.25) is 0 Å². The largest absolute Gasteiger partial charge is 0.496 e. The van der Waals surface area contributed by atoms with Crippen LogP contribution in [0.1, 0.15) is 21.6 Å². The Labute approximate surface area is 175 Å². The van der Waals surface area contributed by atoms with E-state index in [9.17, 15) is 9.59 Å². The van der Waals surface area contributed by atoms with Gasteiger partial charge in [-0.25, -0.2) is 0 Å². The highest BCUT2D eigenvalue weighted by Gasteiger charge is 2.29. The highest BCUT2D eigenvalue weighted by Crippen LogP contribution is 2.25. The summed E-state index contributed by atoms with van der Waals surface area (Å²) in [5.74, 6) is 0.376. The number of ether oxygens (including phenoxy) is 1. The maximum absolute atomic E-state index is 13.4. The molecule has 4 rings (SSSR count). The van der Waals surface area contributed by atoms with E-state index in [1.54, 1.807) is 15.9 Å². The molecule has 2 aromatic heterocycles. The minimum Gasteiger partial charge on any atom is -0.496 e. The molecule has 2 aliphatic heterocycles. The molecule has 0 unspecified atom stereocenters. The first-order valence-electron chi connectivity index (χ1n) is 10.1. The van der Waals surface area contributed by atoms with Crippen LogP contribution in [0.2, 0.25) is 0 Å². The second kappa shape index (κ2) is 8.69. The molecule has 29 heavy (non-hydrogen) atoms. The number of carbonyl (C=O) groups excluding carboxylic acids is 1. The Balaban J connectivity index is 1.63. The number of nitrogens with zero attached hydrogens (tertiary/aromatic N) is 4. The van der Waals surface area contributed by atoms with Crippen LogP contribution in [-0.2, 0) is 19.5 Å². The zero-order valence-electron chi connectivity index (χ0n) is 17.1. The number of piperazine rings is 1. The summed E-state index contributed by atoms with van der Waals surface area (Å²) >= 11 is 1.70. The molecule has 4 heterocycles. The van der Waals surface area contributed by atoms with Crippen molar-refractivity contribution < 1.29 is 9.53 Å². The van der Waals surface area contributed by atoms with Crippen molar-refractivity contribution in [3.05, 3.63) is 50.1 Å². The van der Waals surface area contributed by atoms with Crippen LogP contribution in [0, 0.1) is 0 Å². The van der Waals surface area contributed by atoms with E-state index in [0.717, 1.165) is 38.4 Å². The third kappa shape index (κ3) is 4.24. The molecule has 0 atom stereocenters. The van der Waals surface area contributed by atoms with E-state index < -0.39 is 0 Å². The van der Waals surface area contributed by atoms with Crippen molar-refractivity contribution in [3.63, 3.8) is 0 Å². The number of hydrogen-bond acceptors (Lipinski definition) is 6. The molecule has 0 radical (unpaired) electrons. The maximum Gasteiger partial charge on any atom is 0.259 e. The molecule has 2 aliphatic rings. The molecular weight excluding hydrogens is 388 g/mol. The van der Waals surface area contributed by atoms with Crippen LogP contribution in [0.5, 0.6) is 5.75 Å². The molecule has 0 aromatic carbocycles. The number of methoxy groups -OCH3 is 1. The zero-order valence-corrected chi connectivity index (χ0v) is 17.9.